The fraction of sp³-hybridized carbons (Fsp3) is 0.462. The summed E-state index contributed by atoms with van der Waals surface area (Å²) in [6.07, 6.45) is 2.03. The Kier molecular flexibility index (Phi) is 4.63. The highest BCUT2D eigenvalue weighted by Crippen LogP contribution is 2.24. The molecule has 0 bridgehead atoms. The van der Waals surface area contributed by atoms with Crippen LogP contribution in [0.4, 0.5) is 0 Å². The van der Waals surface area contributed by atoms with Gasteiger partial charge in [-0.3, -0.25) is 10.1 Å². The summed E-state index contributed by atoms with van der Waals surface area (Å²) in [5.74, 6) is 0.131. The van der Waals surface area contributed by atoms with Gasteiger partial charge in [-0.1, -0.05) is 12.1 Å². The number of nitrogens with one attached hydrogen (secondary N) is 1. The highest BCUT2D eigenvalue weighted by atomic mass is 32.2. The molecule has 0 aliphatic carbocycles. The van der Waals surface area contributed by atoms with Crippen molar-refractivity contribution < 1.29 is 9.53 Å². The molecule has 1 aliphatic heterocycles. The van der Waals surface area contributed by atoms with Gasteiger partial charge in [-0.15, -0.1) is 11.8 Å². The van der Waals surface area contributed by atoms with Crippen LogP contribution in [0.25, 0.3) is 0 Å². The van der Waals surface area contributed by atoms with Gasteiger partial charge in [-0.05, 0) is 24.0 Å². The second-order valence-electron chi connectivity index (χ2n) is 4.14. The molecule has 2 rings (SSSR count). The molecule has 1 unspecified atom stereocenters. The standard InChI is InChI=1S/C13H18N2O2S/c1-17-8-7-15-12(16)9-14-13(15)10-3-5-11(18-2)6-4-10/h3-6,13-14H,7-9H2,1-2H3. The molecule has 1 aromatic rings. The van der Waals surface area contributed by atoms with Crippen molar-refractivity contribution in [2.24, 2.45) is 0 Å². The minimum Gasteiger partial charge on any atom is -0.383 e. The third-order valence-electron chi connectivity index (χ3n) is 3.05. The van der Waals surface area contributed by atoms with E-state index in [0.717, 1.165) is 5.56 Å². The summed E-state index contributed by atoms with van der Waals surface area (Å²) in [4.78, 5) is 14.8. The van der Waals surface area contributed by atoms with E-state index in [1.165, 1.54) is 4.90 Å². The second-order valence-corrected chi connectivity index (χ2v) is 5.02. The summed E-state index contributed by atoms with van der Waals surface area (Å²) < 4.78 is 5.05. The Morgan fingerprint density at radius 3 is 2.78 bits per heavy atom. The van der Waals surface area contributed by atoms with Crippen molar-refractivity contribution in [1.29, 1.82) is 0 Å². The molecule has 4 nitrogen and oxygen atoms in total. The molecular weight excluding hydrogens is 248 g/mol. The van der Waals surface area contributed by atoms with E-state index in [-0.39, 0.29) is 12.1 Å². The van der Waals surface area contributed by atoms with Crippen molar-refractivity contribution in [2.75, 3.05) is 33.1 Å². The molecule has 0 spiro atoms. The van der Waals surface area contributed by atoms with Crippen molar-refractivity contribution in [2.45, 2.75) is 11.1 Å². The lowest BCUT2D eigenvalue weighted by molar-refractivity contribution is -0.128. The van der Waals surface area contributed by atoms with Crippen LogP contribution in [0.2, 0.25) is 0 Å². The number of ether oxygens (including phenoxy) is 1. The summed E-state index contributed by atoms with van der Waals surface area (Å²) in [7, 11) is 1.65. The molecular formula is C13H18N2O2S. The van der Waals surface area contributed by atoms with Gasteiger partial charge >= 0.3 is 0 Å². The number of hydrogen-bond donors (Lipinski definition) is 1. The highest BCUT2D eigenvalue weighted by molar-refractivity contribution is 7.98. The van der Waals surface area contributed by atoms with Gasteiger partial charge in [0.05, 0.1) is 13.2 Å². The Hall–Kier alpha value is -1.04. The third-order valence-corrected chi connectivity index (χ3v) is 3.79. The van der Waals surface area contributed by atoms with Gasteiger partial charge in [-0.2, -0.15) is 0 Å². The molecule has 0 radical (unpaired) electrons. The fourth-order valence-corrected chi connectivity index (χ4v) is 2.48. The van der Waals surface area contributed by atoms with Gasteiger partial charge in [0, 0.05) is 18.6 Å². The summed E-state index contributed by atoms with van der Waals surface area (Å²) >= 11 is 1.71. The van der Waals surface area contributed by atoms with Gasteiger partial charge in [0.2, 0.25) is 5.91 Å². The molecule has 1 fully saturated rings. The Balaban J connectivity index is 2.12. The van der Waals surface area contributed by atoms with E-state index in [4.69, 9.17) is 4.74 Å². The van der Waals surface area contributed by atoms with Crippen LogP contribution < -0.4 is 5.32 Å². The van der Waals surface area contributed by atoms with Crippen LogP contribution >= 0.6 is 11.8 Å². The molecule has 18 heavy (non-hydrogen) atoms. The minimum atomic E-state index is -0.0245. The molecule has 0 aromatic heterocycles. The van der Waals surface area contributed by atoms with Crippen molar-refractivity contribution >= 4 is 17.7 Å². The zero-order valence-corrected chi connectivity index (χ0v) is 11.5. The lowest BCUT2D eigenvalue weighted by Gasteiger charge is -2.24. The lowest BCUT2D eigenvalue weighted by atomic mass is 10.1. The average Bonchev–Trinajstić information content (AvgIpc) is 2.78. The van der Waals surface area contributed by atoms with Crippen molar-refractivity contribution in [1.82, 2.24) is 10.2 Å². The average molecular weight is 266 g/mol. The van der Waals surface area contributed by atoms with Crippen LogP contribution in [-0.4, -0.2) is 43.9 Å². The molecule has 1 aromatic carbocycles. The summed E-state index contributed by atoms with van der Waals surface area (Å²) in [5.41, 5.74) is 1.12. The third kappa shape index (κ3) is 2.85. The molecule has 1 N–H and O–H groups in total. The molecule has 98 valence electrons. The van der Waals surface area contributed by atoms with Crippen LogP contribution in [0.3, 0.4) is 0 Å². The van der Waals surface area contributed by atoms with Crippen molar-refractivity contribution in [3.8, 4) is 0 Å². The van der Waals surface area contributed by atoms with E-state index < -0.39 is 0 Å². The molecule has 0 saturated carbocycles. The maximum absolute atomic E-state index is 11.8. The highest BCUT2D eigenvalue weighted by Gasteiger charge is 2.30. The quantitative estimate of drug-likeness (QED) is 0.820. The van der Waals surface area contributed by atoms with Crippen LogP contribution in [0.5, 0.6) is 0 Å². The first-order valence-corrected chi connectivity index (χ1v) is 7.14. The second kappa shape index (κ2) is 6.22. The van der Waals surface area contributed by atoms with Gasteiger partial charge in [-0.25, -0.2) is 0 Å². The molecule has 1 aliphatic rings. The van der Waals surface area contributed by atoms with E-state index in [1.54, 1.807) is 18.9 Å². The first-order chi connectivity index (χ1) is 8.76. The van der Waals surface area contributed by atoms with Gasteiger partial charge in [0.15, 0.2) is 0 Å². The monoisotopic (exact) mass is 266 g/mol. The number of amides is 1. The zero-order valence-electron chi connectivity index (χ0n) is 10.7. The number of carbonyl (C=O) groups is 1. The van der Waals surface area contributed by atoms with Crippen molar-refractivity contribution in [3.05, 3.63) is 29.8 Å². The number of carbonyl (C=O) groups excluding carboxylic acids is 1. The maximum Gasteiger partial charge on any atom is 0.238 e. The largest absolute Gasteiger partial charge is 0.383 e. The summed E-state index contributed by atoms with van der Waals surface area (Å²) in [6.45, 7) is 1.59. The van der Waals surface area contributed by atoms with Gasteiger partial charge in [0.1, 0.15) is 6.17 Å². The van der Waals surface area contributed by atoms with E-state index in [1.807, 2.05) is 4.90 Å². The Morgan fingerprint density at radius 2 is 2.17 bits per heavy atom. The number of rotatable bonds is 5. The minimum absolute atomic E-state index is 0.0245. The van der Waals surface area contributed by atoms with E-state index in [9.17, 15) is 4.79 Å². The van der Waals surface area contributed by atoms with Crippen LogP contribution in [0.1, 0.15) is 11.7 Å². The first-order valence-electron chi connectivity index (χ1n) is 5.92. The van der Waals surface area contributed by atoms with Crippen molar-refractivity contribution in [3.63, 3.8) is 0 Å². The van der Waals surface area contributed by atoms with Crippen LogP contribution in [0.15, 0.2) is 29.2 Å². The predicted octanol–water partition coefficient (Wildman–Crippen LogP) is 1.49. The van der Waals surface area contributed by atoms with Gasteiger partial charge < -0.3 is 9.64 Å². The normalized spacial score (nSPS) is 19.6. The Labute approximate surface area is 112 Å². The fourth-order valence-electron chi connectivity index (χ4n) is 2.07. The van der Waals surface area contributed by atoms with Crippen LogP contribution in [-0.2, 0) is 9.53 Å². The molecule has 1 saturated heterocycles. The first kappa shape index (κ1) is 13.4. The van der Waals surface area contributed by atoms with E-state index >= 15 is 0 Å². The lowest BCUT2D eigenvalue weighted by Crippen LogP contribution is -2.33. The number of thioether (sulfide) groups is 1. The summed E-state index contributed by atoms with van der Waals surface area (Å²) in [6, 6.07) is 8.31. The maximum atomic E-state index is 11.8. The number of nitrogens with zero attached hydrogens (tertiary/aromatic N) is 1. The number of methoxy groups -OCH3 is 1. The SMILES string of the molecule is COCCN1C(=O)CNC1c1ccc(SC)cc1. The number of hydrogen-bond acceptors (Lipinski definition) is 4. The molecule has 1 atom stereocenters. The van der Waals surface area contributed by atoms with E-state index in [0.29, 0.717) is 19.7 Å². The Bertz CT molecular complexity index is 408. The Morgan fingerprint density at radius 1 is 1.44 bits per heavy atom. The summed E-state index contributed by atoms with van der Waals surface area (Å²) in [5, 5.41) is 3.23. The van der Waals surface area contributed by atoms with Gasteiger partial charge in [0.25, 0.3) is 0 Å². The van der Waals surface area contributed by atoms with Crippen LogP contribution in [0, 0.1) is 0 Å². The predicted molar refractivity (Wildman–Crippen MR) is 72.6 cm³/mol. The molecule has 1 amide bonds. The topological polar surface area (TPSA) is 41.6 Å². The van der Waals surface area contributed by atoms with E-state index in [2.05, 4.69) is 35.8 Å². The molecule has 5 heteroatoms. The smallest absolute Gasteiger partial charge is 0.238 e. The molecule has 1 heterocycles. The zero-order chi connectivity index (χ0) is 13.0. The number of benzene rings is 1.